The fourth-order valence-corrected chi connectivity index (χ4v) is 4.01. The number of aryl methyl sites for hydroxylation is 1. The lowest BCUT2D eigenvalue weighted by molar-refractivity contribution is -0.429. The summed E-state index contributed by atoms with van der Waals surface area (Å²) in [7, 11) is 1.25. The molecule has 0 saturated carbocycles. The van der Waals surface area contributed by atoms with Crippen molar-refractivity contribution in [1.29, 1.82) is 0 Å². The third kappa shape index (κ3) is 4.28. The molecule has 7 heteroatoms. The first-order valence-electron chi connectivity index (χ1n) is 10.2. The molecule has 31 heavy (non-hydrogen) atoms. The molecule has 2 aromatic rings. The zero-order valence-electron chi connectivity index (χ0n) is 18.6. The predicted octanol–water partition coefficient (Wildman–Crippen LogP) is 5.03. The molecule has 2 aromatic carbocycles. The second-order valence-corrected chi connectivity index (χ2v) is 8.71. The Bertz CT molecular complexity index is 1050. The maximum atomic E-state index is 13.6. The van der Waals surface area contributed by atoms with E-state index in [1.807, 2.05) is 6.92 Å². The molecular weight excluding hydrogens is 401 g/mol. The van der Waals surface area contributed by atoms with Crippen LogP contribution in [0.3, 0.4) is 0 Å². The van der Waals surface area contributed by atoms with E-state index in [0.29, 0.717) is 22.5 Å². The highest BCUT2D eigenvalue weighted by atomic mass is 19.1. The molecule has 1 saturated heterocycles. The number of Topliss-reactive ketones (excluding diaryl/α,β-unsaturated/α-hetero) is 2. The van der Waals surface area contributed by atoms with Gasteiger partial charge >= 0.3 is 5.69 Å². The van der Waals surface area contributed by atoms with E-state index >= 15 is 0 Å². The van der Waals surface area contributed by atoms with Gasteiger partial charge in [-0.25, -0.2) is 4.39 Å². The van der Waals surface area contributed by atoms with Crippen LogP contribution in [-0.2, 0) is 20.7 Å². The molecule has 6 nitrogen and oxygen atoms in total. The first kappa shape index (κ1) is 22.7. The fraction of sp³-hybridized carbons (Fsp3) is 0.417. The Labute approximate surface area is 180 Å². The molecule has 0 radical (unpaired) electrons. The van der Waals surface area contributed by atoms with Gasteiger partial charge in [-0.15, -0.1) is 0 Å². The zero-order valence-corrected chi connectivity index (χ0v) is 18.6. The van der Waals surface area contributed by atoms with Crippen molar-refractivity contribution < 1.29 is 28.2 Å². The van der Waals surface area contributed by atoms with Crippen molar-refractivity contribution in [1.82, 2.24) is 0 Å². The minimum Gasteiger partial charge on any atom is -0.450 e. The maximum Gasteiger partial charge on any atom is 0.300 e. The fourth-order valence-electron chi connectivity index (χ4n) is 4.01. The number of halogens is 1. The normalized spacial score (nSPS) is 18.2. The number of hydrogen-bond donors (Lipinski definition) is 0. The minimum atomic E-state index is -1.13. The van der Waals surface area contributed by atoms with Gasteiger partial charge in [-0.1, -0.05) is 13.0 Å². The summed E-state index contributed by atoms with van der Waals surface area (Å²) in [5.41, 5.74) is -0.827. The lowest BCUT2D eigenvalue weighted by Gasteiger charge is -2.43. The molecule has 1 aliphatic heterocycles. The van der Waals surface area contributed by atoms with E-state index in [0.717, 1.165) is 11.6 Å². The first-order valence-corrected chi connectivity index (χ1v) is 10.2. The highest BCUT2D eigenvalue weighted by Gasteiger charge is 2.53. The van der Waals surface area contributed by atoms with Crippen molar-refractivity contribution in [3.8, 4) is 11.5 Å². The van der Waals surface area contributed by atoms with Gasteiger partial charge in [0.2, 0.25) is 5.75 Å². The number of nitroso groups, excluding NO2 is 1. The third-order valence-electron chi connectivity index (χ3n) is 5.52. The number of benzene rings is 2. The second-order valence-electron chi connectivity index (χ2n) is 8.71. The lowest BCUT2D eigenvalue weighted by Crippen LogP contribution is -2.58. The Morgan fingerprint density at radius 2 is 1.65 bits per heavy atom. The molecule has 0 N–H and O–H groups in total. The van der Waals surface area contributed by atoms with Crippen molar-refractivity contribution in [2.75, 3.05) is 7.05 Å². The van der Waals surface area contributed by atoms with Crippen LogP contribution in [0.2, 0.25) is 0 Å². The van der Waals surface area contributed by atoms with Crippen molar-refractivity contribution in [3.05, 3.63) is 58.2 Å². The maximum absolute atomic E-state index is 13.6. The van der Waals surface area contributed by atoms with Gasteiger partial charge in [-0.05, 0) is 69.5 Å². The number of nitrogens with zero attached hydrogens (tertiary/aromatic N) is 1. The molecule has 1 fully saturated rings. The Balaban J connectivity index is 2.09. The monoisotopic (exact) mass is 428 g/mol. The summed E-state index contributed by atoms with van der Waals surface area (Å²) in [5.74, 6) is -1.68. The van der Waals surface area contributed by atoms with E-state index in [-0.39, 0.29) is 23.0 Å². The van der Waals surface area contributed by atoms with Gasteiger partial charge in [0.25, 0.3) is 0 Å². The summed E-state index contributed by atoms with van der Waals surface area (Å²) >= 11 is 0. The minimum absolute atomic E-state index is 0.0293. The van der Waals surface area contributed by atoms with Crippen LogP contribution in [0.5, 0.6) is 11.5 Å². The van der Waals surface area contributed by atoms with E-state index in [1.165, 1.54) is 19.2 Å². The van der Waals surface area contributed by atoms with Crippen molar-refractivity contribution in [2.24, 2.45) is 0 Å². The van der Waals surface area contributed by atoms with Crippen LogP contribution < -0.4 is 4.74 Å². The molecule has 1 aliphatic rings. The SMILES string of the molecule is CCc1ccc(Oc2ccc(F)cc2[N+](C)=O)cc1C1C(=O)C(C)(C)OC(C)(C)C1=O. The van der Waals surface area contributed by atoms with Gasteiger partial charge in [0.15, 0.2) is 18.6 Å². The Kier molecular flexibility index (Phi) is 5.84. The molecule has 0 atom stereocenters. The van der Waals surface area contributed by atoms with E-state index in [9.17, 15) is 18.9 Å². The molecule has 0 amide bonds. The Morgan fingerprint density at radius 1 is 1.03 bits per heavy atom. The summed E-state index contributed by atoms with van der Waals surface area (Å²) in [5, 5.41) is 0. The molecule has 0 bridgehead atoms. The lowest BCUT2D eigenvalue weighted by atomic mass is 9.73. The molecule has 0 unspecified atom stereocenters. The summed E-state index contributed by atoms with van der Waals surface area (Å²) in [4.78, 5) is 38.2. The van der Waals surface area contributed by atoms with Crippen molar-refractivity contribution in [2.45, 2.75) is 58.2 Å². The molecule has 1 heterocycles. The van der Waals surface area contributed by atoms with E-state index in [2.05, 4.69) is 0 Å². The van der Waals surface area contributed by atoms with Gasteiger partial charge < -0.3 is 9.47 Å². The molecule has 0 spiro atoms. The molecule has 0 aliphatic carbocycles. The van der Waals surface area contributed by atoms with Gasteiger partial charge in [-0.2, -0.15) is 0 Å². The standard InChI is InChI=1S/C24H27FNO5/c1-7-14-8-10-16(30-19-11-9-15(25)12-18(19)26(6)29)13-17(14)20-21(27)23(2,3)31-24(4,5)22(20)28/h8-13,20H,7H2,1-6H3/q+1. The molecule has 0 aromatic heterocycles. The third-order valence-corrected chi connectivity index (χ3v) is 5.52. The summed E-state index contributed by atoms with van der Waals surface area (Å²) in [6, 6.07) is 8.79. The van der Waals surface area contributed by atoms with Crippen LogP contribution in [-0.4, -0.2) is 34.6 Å². The average molecular weight is 428 g/mol. The van der Waals surface area contributed by atoms with Gasteiger partial charge in [0, 0.05) is 9.67 Å². The quantitative estimate of drug-likeness (QED) is 0.493. The Hall–Kier alpha value is -2.93. The van der Waals surface area contributed by atoms with Crippen LogP contribution in [0, 0.1) is 10.7 Å². The van der Waals surface area contributed by atoms with E-state index < -0.39 is 22.9 Å². The Morgan fingerprint density at radius 3 is 2.19 bits per heavy atom. The second kappa shape index (κ2) is 7.96. The highest BCUT2D eigenvalue weighted by molar-refractivity contribution is 6.15. The summed E-state index contributed by atoms with van der Waals surface area (Å²) in [6.07, 6.45) is 0.611. The largest absolute Gasteiger partial charge is 0.450 e. The smallest absolute Gasteiger partial charge is 0.300 e. The zero-order chi connectivity index (χ0) is 23.1. The predicted molar refractivity (Wildman–Crippen MR) is 114 cm³/mol. The van der Waals surface area contributed by atoms with Gasteiger partial charge in [0.1, 0.15) is 28.7 Å². The molecule has 3 rings (SSSR count). The number of carbonyl (C=O) groups excluding carboxylic acids is 2. The molecule has 164 valence electrons. The van der Waals surface area contributed by atoms with E-state index in [1.54, 1.807) is 45.9 Å². The summed E-state index contributed by atoms with van der Waals surface area (Å²) < 4.78 is 25.7. The number of rotatable bonds is 5. The van der Waals surface area contributed by atoms with Crippen LogP contribution >= 0.6 is 0 Å². The number of ketones is 2. The summed E-state index contributed by atoms with van der Waals surface area (Å²) in [6.45, 7) is 8.60. The highest BCUT2D eigenvalue weighted by Crippen LogP contribution is 2.41. The number of ether oxygens (including phenoxy) is 2. The number of hydrogen-bond acceptors (Lipinski definition) is 5. The van der Waals surface area contributed by atoms with Crippen LogP contribution in [0.15, 0.2) is 36.4 Å². The van der Waals surface area contributed by atoms with Crippen LogP contribution in [0.1, 0.15) is 51.7 Å². The number of carbonyl (C=O) groups is 2. The van der Waals surface area contributed by atoms with E-state index in [4.69, 9.17) is 9.47 Å². The van der Waals surface area contributed by atoms with Crippen LogP contribution in [0.25, 0.3) is 0 Å². The average Bonchev–Trinajstić information content (AvgIpc) is 2.67. The van der Waals surface area contributed by atoms with Crippen molar-refractivity contribution >= 4 is 17.3 Å². The van der Waals surface area contributed by atoms with Gasteiger partial charge in [0.05, 0.1) is 6.07 Å². The van der Waals surface area contributed by atoms with Gasteiger partial charge in [-0.3, -0.25) is 9.59 Å². The first-order chi connectivity index (χ1) is 14.4. The molecular formula is C24H27FNO5+. The van der Waals surface area contributed by atoms with Crippen molar-refractivity contribution in [3.63, 3.8) is 0 Å². The topological polar surface area (TPSA) is 72.7 Å². The van der Waals surface area contributed by atoms with Crippen LogP contribution in [0.4, 0.5) is 10.1 Å².